The molecule has 0 spiro atoms. The number of nitriles is 1. The molecule has 2 heterocycles. The van der Waals surface area contributed by atoms with Gasteiger partial charge in [0.1, 0.15) is 0 Å². The molecule has 0 bridgehead atoms. The van der Waals surface area contributed by atoms with Crippen LogP contribution in [0.4, 0.5) is 9.93 Å². The normalized spacial score (nSPS) is 10.1. The maximum Gasteiger partial charge on any atom is 0.321 e. The van der Waals surface area contributed by atoms with Gasteiger partial charge < -0.3 is 5.32 Å². The van der Waals surface area contributed by atoms with Crippen molar-refractivity contribution in [3.8, 4) is 6.07 Å². The third kappa shape index (κ3) is 3.19. The first-order valence-corrected chi connectivity index (χ1v) is 7.31. The van der Waals surface area contributed by atoms with E-state index in [2.05, 4.69) is 26.7 Å². The van der Waals surface area contributed by atoms with E-state index >= 15 is 0 Å². The molecule has 0 radical (unpaired) electrons. The van der Waals surface area contributed by atoms with Gasteiger partial charge in [-0.25, -0.2) is 9.78 Å². The van der Waals surface area contributed by atoms with E-state index in [9.17, 15) is 4.79 Å². The molecule has 2 amide bonds. The summed E-state index contributed by atoms with van der Waals surface area (Å²) >= 11 is 1.33. The van der Waals surface area contributed by atoms with Crippen LogP contribution in [-0.2, 0) is 6.54 Å². The van der Waals surface area contributed by atoms with Crippen molar-refractivity contribution < 1.29 is 4.79 Å². The lowest BCUT2D eigenvalue weighted by Crippen LogP contribution is -2.28. The van der Waals surface area contributed by atoms with Gasteiger partial charge in [-0.15, -0.1) is 0 Å². The molecular formula is C15H11N5OS. The van der Waals surface area contributed by atoms with Gasteiger partial charge in [0.15, 0.2) is 5.13 Å². The van der Waals surface area contributed by atoms with E-state index < -0.39 is 0 Å². The Morgan fingerprint density at radius 3 is 3.05 bits per heavy atom. The lowest BCUT2D eigenvalue weighted by Gasteiger charge is -2.04. The molecule has 3 rings (SSSR count). The fourth-order valence-corrected chi connectivity index (χ4v) is 2.77. The molecule has 0 saturated heterocycles. The van der Waals surface area contributed by atoms with Gasteiger partial charge in [-0.2, -0.15) is 5.26 Å². The molecule has 6 nitrogen and oxygen atoms in total. The second-order valence-corrected chi connectivity index (χ2v) is 5.51. The lowest BCUT2D eigenvalue weighted by molar-refractivity contribution is 0.251. The number of urea groups is 1. The van der Waals surface area contributed by atoms with Crippen LogP contribution in [-0.4, -0.2) is 16.0 Å². The Bertz CT molecular complexity index is 853. The first-order valence-electron chi connectivity index (χ1n) is 6.49. The summed E-state index contributed by atoms with van der Waals surface area (Å²) in [6.07, 6.45) is 3.38. The van der Waals surface area contributed by atoms with Crippen molar-refractivity contribution in [1.29, 1.82) is 5.26 Å². The van der Waals surface area contributed by atoms with Crippen LogP contribution >= 0.6 is 11.3 Å². The van der Waals surface area contributed by atoms with Crippen LogP contribution in [0.15, 0.2) is 42.7 Å². The molecule has 0 aliphatic rings. The van der Waals surface area contributed by atoms with Crippen molar-refractivity contribution >= 4 is 32.7 Å². The number of rotatable bonds is 3. The van der Waals surface area contributed by atoms with Crippen LogP contribution in [0.2, 0.25) is 0 Å². The highest BCUT2D eigenvalue weighted by Gasteiger charge is 2.08. The molecular weight excluding hydrogens is 298 g/mol. The second kappa shape index (κ2) is 6.20. The molecule has 108 valence electrons. The molecule has 7 heteroatoms. The van der Waals surface area contributed by atoms with Gasteiger partial charge >= 0.3 is 6.03 Å². The Morgan fingerprint density at radius 2 is 2.27 bits per heavy atom. The van der Waals surface area contributed by atoms with Crippen LogP contribution in [0.3, 0.4) is 0 Å². The van der Waals surface area contributed by atoms with E-state index in [0.717, 1.165) is 15.8 Å². The van der Waals surface area contributed by atoms with Crippen LogP contribution in [0.1, 0.15) is 11.1 Å². The Labute approximate surface area is 130 Å². The van der Waals surface area contributed by atoms with Crippen LogP contribution in [0, 0.1) is 11.3 Å². The number of pyridine rings is 1. The monoisotopic (exact) mass is 309 g/mol. The third-order valence-corrected chi connectivity index (χ3v) is 3.85. The fraction of sp³-hybridized carbons (Fsp3) is 0.0667. The van der Waals surface area contributed by atoms with Gasteiger partial charge in [0.2, 0.25) is 0 Å². The first kappa shape index (κ1) is 14.0. The molecule has 0 atom stereocenters. The summed E-state index contributed by atoms with van der Waals surface area (Å²) in [4.78, 5) is 20.1. The molecule has 2 N–H and O–H groups in total. The summed E-state index contributed by atoms with van der Waals surface area (Å²) in [5.41, 5.74) is 2.25. The standard InChI is InChI=1S/C15H11N5OS/c16-7-10-3-4-12-13(6-10)22-15(19-12)20-14(21)18-9-11-2-1-5-17-8-11/h1-6,8H,9H2,(H2,18,19,20,21). The summed E-state index contributed by atoms with van der Waals surface area (Å²) in [6.45, 7) is 0.392. The molecule has 0 aliphatic carbocycles. The molecule has 1 aromatic carbocycles. The van der Waals surface area contributed by atoms with Gasteiger partial charge in [-0.1, -0.05) is 17.4 Å². The lowest BCUT2D eigenvalue weighted by atomic mass is 10.2. The molecule has 0 saturated carbocycles. The Balaban J connectivity index is 1.65. The number of benzene rings is 1. The summed E-state index contributed by atoms with van der Waals surface area (Å²) in [5, 5.41) is 14.8. The Hall–Kier alpha value is -2.98. The van der Waals surface area contributed by atoms with E-state index in [1.807, 2.05) is 12.1 Å². The van der Waals surface area contributed by atoms with Crippen LogP contribution in [0.5, 0.6) is 0 Å². The van der Waals surface area contributed by atoms with Crippen molar-refractivity contribution in [3.05, 3.63) is 53.9 Å². The number of thiazole rings is 1. The maximum absolute atomic E-state index is 11.9. The summed E-state index contributed by atoms with van der Waals surface area (Å²) in [7, 11) is 0. The Kier molecular flexibility index (Phi) is 3.94. The van der Waals surface area contributed by atoms with Crippen molar-refractivity contribution in [3.63, 3.8) is 0 Å². The molecule has 0 unspecified atom stereocenters. The number of nitrogens with one attached hydrogen (secondary N) is 2. The molecule has 3 aromatic rings. The fourth-order valence-electron chi connectivity index (χ4n) is 1.87. The average Bonchev–Trinajstić information content (AvgIpc) is 2.95. The number of amides is 2. The van der Waals surface area contributed by atoms with Crippen LogP contribution < -0.4 is 10.6 Å². The van der Waals surface area contributed by atoms with Crippen molar-refractivity contribution in [2.45, 2.75) is 6.54 Å². The van der Waals surface area contributed by atoms with E-state index in [0.29, 0.717) is 17.2 Å². The highest BCUT2D eigenvalue weighted by atomic mass is 32.1. The molecule has 0 aliphatic heterocycles. The highest BCUT2D eigenvalue weighted by Crippen LogP contribution is 2.26. The van der Waals surface area contributed by atoms with Crippen molar-refractivity contribution in [2.75, 3.05) is 5.32 Å². The summed E-state index contributed by atoms with van der Waals surface area (Å²) < 4.78 is 0.863. The number of nitrogens with zero attached hydrogens (tertiary/aromatic N) is 3. The minimum atomic E-state index is -0.330. The summed E-state index contributed by atoms with van der Waals surface area (Å²) in [6, 6.07) is 10.7. The molecule has 0 fully saturated rings. The Morgan fingerprint density at radius 1 is 1.36 bits per heavy atom. The average molecular weight is 309 g/mol. The zero-order chi connectivity index (χ0) is 15.4. The van der Waals surface area contributed by atoms with Gasteiger partial charge in [0, 0.05) is 18.9 Å². The predicted octanol–water partition coefficient (Wildman–Crippen LogP) is 2.88. The van der Waals surface area contributed by atoms with E-state index in [1.54, 1.807) is 30.6 Å². The largest absolute Gasteiger partial charge is 0.334 e. The number of anilines is 1. The number of fused-ring (bicyclic) bond motifs is 1. The van der Waals surface area contributed by atoms with Crippen molar-refractivity contribution in [2.24, 2.45) is 0 Å². The van der Waals surface area contributed by atoms with Gasteiger partial charge in [0.25, 0.3) is 0 Å². The molecule has 22 heavy (non-hydrogen) atoms. The van der Waals surface area contributed by atoms with Crippen LogP contribution in [0.25, 0.3) is 10.2 Å². The van der Waals surface area contributed by atoms with E-state index in [1.165, 1.54) is 11.3 Å². The van der Waals surface area contributed by atoms with E-state index in [4.69, 9.17) is 5.26 Å². The smallest absolute Gasteiger partial charge is 0.321 e. The second-order valence-electron chi connectivity index (χ2n) is 4.48. The number of carbonyl (C=O) groups is 1. The number of hydrogen-bond acceptors (Lipinski definition) is 5. The summed E-state index contributed by atoms with van der Waals surface area (Å²) in [5.74, 6) is 0. The quantitative estimate of drug-likeness (QED) is 0.778. The van der Waals surface area contributed by atoms with Gasteiger partial charge in [-0.05, 0) is 29.8 Å². The minimum absolute atomic E-state index is 0.330. The number of hydrogen-bond donors (Lipinski definition) is 2. The van der Waals surface area contributed by atoms with E-state index in [-0.39, 0.29) is 6.03 Å². The number of aromatic nitrogens is 2. The van der Waals surface area contributed by atoms with Crippen molar-refractivity contribution in [1.82, 2.24) is 15.3 Å². The first-order chi connectivity index (χ1) is 10.7. The number of carbonyl (C=O) groups excluding carboxylic acids is 1. The minimum Gasteiger partial charge on any atom is -0.334 e. The van der Waals surface area contributed by atoms with Gasteiger partial charge in [0.05, 0.1) is 21.8 Å². The maximum atomic E-state index is 11.9. The zero-order valence-corrected chi connectivity index (χ0v) is 12.2. The predicted molar refractivity (Wildman–Crippen MR) is 84.4 cm³/mol. The zero-order valence-electron chi connectivity index (χ0n) is 11.4. The molecule has 2 aromatic heterocycles. The highest BCUT2D eigenvalue weighted by molar-refractivity contribution is 7.22. The SMILES string of the molecule is N#Cc1ccc2nc(NC(=O)NCc3cccnc3)sc2c1. The topological polar surface area (TPSA) is 90.7 Å². The third-order valence-electron chi connectivity index (χ3n) is 2.91. The van der Waals surface area contributed by atoms with Gasteiger partial charge in [-0.3, -0.25) is 10.3 Å².